The molecule has 0 radical (unpaired) electrons. The van der Waals surface area contributed by atoms with Gasteiger partial charge in [-0.15, -0.1) is 0 Å². The fourth-order valence-electron chi connectivity index (χ4n) is 2.60. The Bertz CT molecular complexity index is 523. The van der Waals surface area contributed by atoms with E-state index in [1.165, 1.54) is 31.1 Å². The Morgan fingerprint density at radius 3 is 2.45 bits per heavy atom. The van der Waals surface area contributed by atoms with Crippen molar-refractivity contribution >= 4 is 23.4 Å². The lowest BCUT2D eigenvalue weighted by Crippen LogP contribution is -2.08. The molecule has 0 saturated heterocycles. The Morgan fingerprint density at radius 2 is 1.80 bits per heavy atom. The summed E-state index contributed by atoms with van der Waals surface area (Å²) >= 11 is 6.21. The van der Waals surface area contributed by atoms with E-state index in [0.717, 1.165) is 12.8 Å². The van der Waals surface area contributed by atoms with Gasteiger partial charge in [0.1, 0.15) is 0 Å². The van der Waals surface area contributed by atoms with Crippen molar-refractivity contribution in [2.24, 2.45) is 0 Å². The van der Waals surface area contributed by atoms with Crippen molar-refractivity contribution in [1.82, 2.24) is 0 Å². The summed E-state index contributed by atoms with van der Waals surface area (Å²) in [5.41, 5.74) is 3.11. The number of halogens is 1. The minimum absolute atomic E-state index is 0.00674. The topological polar surface area (TPSA) is 43.4 Å². The van der Waals surface area contributed by atoms with Gasteiger partial charge < -0.3 is 4.74 Å². The van der Waals surface area contributed by atoms with Crippen LogP contribution in [0.1, 0.15) is 53.6 Å². The fraction of sp³-hybridized carbons (Fsp3) is 0.500. The van der Waals surface area contributed by atoms with Crippen LogP contribution in [-0.2, 0) is 22.4 Å². The van der Waals surface area contributed by atoms with Gasteiger partial charge in [-0.3, -0.25) is 9.59 Å². The molecule has 20 heavy (non-hydrogen) atoms. The number of hydrogen-bond donors (Lipinski definition) is 0. The van der Waals surface area contributed by atoms with E-state index < -0.39 is 0 Å². The SMILES string of the molecule is COC(=O)CCCC(=O)c1cc2c(cc1Cl)CCCC2. The first-order valence-electron chi connectivity index (χ1n) is 7.03. The number of methoxy groups -OCH3 is 1. The molecule has 1 aliphatic carbocycles. The molecular formula is C16H19ClO3. The largest absolute Gasteiger partial charge is 0.469 e. The lowest BCUT2D eigenvalue weighted by molar-refractivity contribution is -0.140. The predicted molar refractivity (Wildman–Crippen MR) is 78.3 cm³/mol. The average molecular weight is 295 g/mol. The second-order valence-electron chi connectivity index (χ2n) is 5.16. The number of ketones is 1. The number of aryl methyl sites for hydroxylation is 2. The highest BCUT2D eigenvalue weighted by Crippen LogP contribution is 2.28. The van der Waals surface area contributed by atoms with Crippen molar-refractivity contribution in [3.05, 3.63) is 33.8 Å². The smallest absolute Gasteiger partial charge is 0.305 e. The summed E-state index contributed by atoms with van der Waals surface area (Å²) in [5.74, 6) is -0.276. The van der Waals surface area contributed by atoms with E-state index in [4.69, 9.17) is 11.6 Å². The number of Topliss-reactive ketones (excluding diaryl/α,β-unsaturated/α-hetero) is 1. The van der Waals surface area contributed by atoms with Gasteiger partial charge in [0.2, 0.25) is 0 Å². The molecule has 1 aromatic carbocycles. The molecule has 0 spiro atoms. The summed E-state index contributed by atoms with van der Waals surface area (Å²) in [4.78, 5) is 23.2. The molecule has 0 aromatic heterocycles. The Balaban J connectivity index is 2.04. The molecule has 3 nitrogen and oxygen atoms in total. The van der Waals surface area contributed by atoms with Crippen LogP contribution in [0, 0.1) is 0 Å². The molecular weight excluding hydrogens is 276 g/mol. The third-order valence-corrected chi connectivity index (χ3v) is 4.06. The maximum Gasteiger partial charge on any atom is 0.305 e. The first-order chi connectivity index (χ1) is 9.61. The van der Waals surface area contributed by atoms with Crippen molar-refractivity contribution in [3.8, 4) is 0 Å². The Kier molecular flexibility index (Phi) is 5.18. The van der Waals surface area contributed by atoms with Crippen LogP contribution in [0.25, 0.3) is 0 Å². The molecule has 0 aliphatic heterocycles. The van der Waals surface area contributed by atoms with Crippen LogP contribution in [0.2, 0.25) is 5.02 Å². The average Bonchev–Trinajstić information content (AvgIpc) is 2.46. The Labute approximate surface area is 124 Å². The molecule has 0 heterocycles. The first-order valence-corrected chi connectivity index (χ1v) is 7.41. The molecule has 108 valence electrons. The first kappa shape index (κ1) is 15.0. The quantitative estimate of drug-likeness (QED) is 0.614. The Morgan fingerprint density at radius 1 is 1.15 bits per heavy atom. The van der Waals surface area contributed by atoms with Crippen LogP contribution >= 0.6 is 11.6 Å². The van der Waals surface area contributed by atoms with Crippen molar-refractivity contribution in [2.45, 2.75) is 44.9 Å². The summed E-state index contributed by atoms with van der Waals surface area (Å²) in [5, 5.41) is 0.536. The highest BCUT2D eigenvalue weighted by Gasteiger charge is 2.17. The fourth-order valence-corrected chi connectivity index (χ4v) is 2.89. The lowest BCUT2D eigenvalue weighted by Gasteiger charge is -2.17. The number of esters is 1. The monoisotopic (exact) mass is 294 g/mol. The molecule has 2 rings (SSSR count). The van der Waals surface area contributed by atoms with E-state index in [1.54, 1.807) is 0 Å². The summed E-state index contributed by atoms with van der Waals surface area (Å²) in [6.45, 7) is 0. The highest BCUT2D eigenvalue weighted by molar-refractivity contribution is 6.34. The minimum Gasteiger partial charge on any atom is -0.469 e. The van der Waals surface area contributed by atoms with E-state index in [1.807, 2.05) is 12.1 Å². The molecule has 0 unspecified atom stereocenters. The van der Waals surface area contributed by atoms with Crippen molar-refractivity contribution in [1.29, 1.82) is 0 Å². The Hall–Kier alpha value is -1.35. The number of rotatable bonds is 5. The van der Waals surface area contributed by atoms with Gasteiger partial charge in [0.15, 0.2) is 5.78 Å². The van der Waals surface area contributed by atoms with Gasteiger partial charge >= 0.3 is 5.97 Å². The lowest BCUT2D eigenvalue weighted by atomic mass is 9.89. The molecule has 0 amide bonds. The van der Waals surface area contributed by atoms with Crippen LogP contribution in [0.3, 0.4) is 0 Å². The van der Waals surface area contributed by atoms with E-state index in [-0.39, 0.29) is 18.2 Å². The summed E-state index contributed by atoms with van der Waals surface area (Å²) in [6, 6.07) is 3.88. The maximum absolute atomic E-state index is 12.2. The number of benzene rings is 1. The van der Waals surface area contributed by atoms with Crippen molar-refractivity contribution < 1.29 is 14.3 Å². The number of carbonyl (C=O) groups is 2. The highest BCUT2D eigenvalue weighted by atomic mass is 35.5. The van der Waals surface area contributed by atoms with Gasteiger partial charge in [0.25, 0.3) is 0 Å². The molecule has 1 aromatic rings. The maximum atomic E-state index is 12.2. The third kappa shape index (κ3) is 3.60. The van der Waals surface area contributed by atoms with Crippen LogP contribution in [0.15, 0.2) is 12.1 Å². The van der Waals surface area contributed by atoms with Gasteiger partial charge in [-0.25, -0.2) is 0 Å². The standard InChI is InChI=1S/C16H19ClO3/c1-20-16(19)8-4-7-15(18)13-9-11-5-2-3-6-12(11)10-14(13)17/h9-10H,2-8H2,1H3. The summed E-state index contributed by atoms with van der Waals surface area (Å²) < 4.78 is 4.56. The summed E-state index contributed by atoms with van der Waals surface area (Å²) in [7, 11) is 1.35. The number of carbonyl (C=O) groups excluding carboxylic acids is 2. The van der Waals surface area contributed by atoms with Gasteiger partial charge in [-0.1, -0.05) is 11.6 Å². The van der Waals surface area contributed by atoms with E-state index >= 15 is 0 Å². The number of ether oxygens (including phenoxy) is 1. The van der Waals surface area contributed by atoms with Crippen LogP contribution in [-0.4, -0.2) is 18.9 Å². The molecule has 0 saturated carbocycles. The van der Waals surface area contributed by atoms with Gasteiger partial charge in [-0.2, -0.15) is 0 Å². The number of hydrogen-bond acceptors (Lipinski definition) is 3. The van der Waals surface area contributed by atoms with Crippen molar-refractivity contribution in [3.63, 3.8) is 0 Å². The molecule has 0 N–H and O–H groups in total. The summed E-state index contributed by atoms with van der Waals surface area (Å²) in [6.07, 6.45) is 5.53. The second-order valence-corrected chi connectivity index (χ2v) is 5.57. The van der Waals surface area contributed by atoms with E-state index in [9.17, 15) is 9.59 Å². The van der Waals surface area contributed by atoms with Crippen LogP contribution < -0.4 is 0 Å². The second kappa shape index (κ2) is 6.89. The van der Waals surface area contributed by atoms with Crippen LogP contribution in [0.4, 0.5) is 0 Å². The molecule has 0 fully saturated rings. The molecule has 4 heteroatoms. The molecule has 0 bridgehead atoms. The normalized spacial score (nSPS) is 13.7. The predicted octanol–water partition coefficient (Wildman–Crippen LogP) is 3.74. The third-order valence-electron chi connectivity index (χ3n) is 3.74. The zero-order chi connectivity index (χ0) is 14.5. The molecule has 0 atom stereocenters. The zero-order valence-electron chi connectivity index (χ0n) is 11.7. The van der Waals surface area contributed by atoms with Crippen LogP contribution in [0.5, 0.6) is 0 Å². The zero-order valence-corrected chi connectivity index (χ0v) is 12.5. The van der Waals surface area contributed by atoms with Crippen molar-refractivity contribution in [2.75, 3.05) is 7.11 Å². The van der Waals surface area contributed by atoms with Gasteiger partial charge in [-0.05, 0) is 55.4 Å². The molecule has 1 aliphatic rings. The van der Waals surface area contributed by atoms with Gasteiger partial charge in [0, 0.05) is 18.4 Å². The minimum atomic E-state index is -0.283. The van der Waals surface area contributed by atoms with E-state index in [0.29, 0.717) is 23.4 Å². The number of fused-ring (bicyclic) bond motifs is 1. The van der Waals surface area contributed by atoms with E-state index in [2.05, 4.69) is 4.74 Å². The van der Waals surface area contributed by atoms with Gasteiger partial charge in [0.05, 0.1) is 12.1 Å².